The molecule has 3 rings (SSSR count). The van der Waals surface area contributed by atoms with E-state index in [0.29, 0.717) is 34.4 Å². The number of anilines is 2. The number of hydrogen-bond acceptors (Lipinski definition) is 7. The number of nitrogens with zero attached hydrogens (tertiary/aromatic N) is 1. The average Bonchev–Trinajstić information content (AvgIpc) is 3.00. The largest absolute Gasteiger partial charge is 0.497 e. The minimum Gasteiger partial charge on any atom is -0.497 e. The first-order valence-electron chi connectivity index (χ1n) is 8.59. The molecule has 0 aromatic heterocycles. The molecule has 2 aromatic carbocycles. The number of imide groups is 1. The van der Waals surface area contributed by atoms with E-state index in [0.717, 1.165) is 0 Å². The van der Waals surface area contributed by atoms with Crippen molar-refractivity contribution in [3.05, 3.63) is 36.4 Å². The first kappa shape index (κ1) is 19.3. The highest BCUT2D eigenvalue weighted by Crippen LogP contribution is 2.40. The predicted molar refractivity (Wildman–Crippen MR) is 104 cm³/mol. The third-order valence-corrected chi connectivity index (χ3v) is 4.48. The third-order valence-electron chi connectivity index (χ3n) is 4.48. The maximum absolute atomic E-state index is 12.8. The van der Waals surface area contributed by atoms with E-state index in [1.165, 1.54) is 26.2 Å². The fourth-order valence-electron chi connectivity index (χ4n) is 3.11. The van der Waals surface area contributed by atoms with Gasteiger partial charge in [-0.25, -0.2) is 4.90 Å². The van der Waals surface area contributed by atoms with E-state index in [1.807, 2.05) is 0 Å². The van der Waals surface area contributed by atoms with Gasteiger partial charge in [0.2, 0.25) is 11.7 Å². The maximum Gasteiger partial charge on any atom is 0.256 e. The van der Waals surface area contributed by atoms with Crippen LogP contribution < -0.4 is 29.2 Å². The van der Waals surface area contributed by atoms with E-state index in [-0.39, 0.29) is 18.2 Å². The number of hydrogen-bond donors (Lipinski definition) is 1. The summed E-state index contributed by atoms with van der Waals surface area (Å²) in [7, 11) is 6.09. The van der Waals surface area contributed by atoms with E-state index in [2.05, 4.69) is 5.32 Å². The quantitative estimate of drug-likeness (QED) is 0.732. The summed E-state index contributed by atoms with van der Waals surface area (Å²) in [6.45, 7) is 0. The van der Waals surface area contributed by atoms with Gasteiger partial charge in [0.05, 0.1) is 40.5 Å². The van der Waals surface area contributed by atoms with Gasteiger partial charge in [-0.15, -0.1) is 0 Å². The van der Waals surface area contributed by atoms with Crippen molar-refractivity contribution in [3.63, 3.8) is 0 Å². The zero-order valence-electron chi connectivity index (χ0n) is 16.1. The first-order valence-corrected chi connectivity index (χ1v) is 8.59. The summed E-state index contributed by atoms with van der Waals surface area (Å²) in [5, 5.41) is 3.09. The van der Waals surface area contributed by atoms with Gasteiger partial charge >= 0.3 is 0 Å². The van der Waals surface area contributed by atoms with Gasteiger partial charge in [-0.05, 0) is 24.3 Å². The van der Waals surface area contributed by atoms with Crippen LogP contribution in [-0.4, -0.2) is 46.3 Å². The molecule has 0 radical (unpaired) electrons. The lowest BCUT2D eigenvalue weighted by molar-refractivity contribution is -0.121. The van der Waals surface area contributed by atoms with Crippen molar-refractivity contribution in [2.75, 3.05) is 38.7 Å². The molecule has 1 aliphatic rings. The number of ether oxygens (including phenoxy) is 4. The number of carbonyl (C=O) groups excluding carboxylic acids is 2. The van der Waals surface area contributed by atoms with Crippen LogP contribution >= 0.6 is 0 Å². The van der Waals surface area contributed by atoms with Gasteiger partial charge in [0.15, 0.2) is 11.5 Å². The second-order valence-electron chi connectivity index (χ2n) is 6.08. The fourth-order valence-corrected chi connectivity index (χ4v) is 3.11. The van der Waals surface area contributed by atoms with Crippen molar-refractivity contribution < 1.29 is 28.5 Å². The molecule has 1 fully saturated rings. The number of methoxy groups -OCH3 is 4. The number of benzene rings is 2. The summed E-state index contributed by atoms with van der Waals surface area (Å²) in [6.07, 6.45) is 0.0432. The van der Waals surface area contributed by atoms with Crippen LogP contribution in [0, 0.1) is 0 Å². The molecular weight excluding hydrogens is 364 g/mol. The minimum atomic E-state index is -0.697. The van der Waals surface area contributed by atoms with Crippen LogP contribution in [0.25, 0.3) is 0 Å². The smallest absolute Gasteiger partial charge is 0.256 e. The highest BCUT2D eigenvalue weighted by Gasteiger charge is 2.39. The third kappa shape index (κ3) is 3.53. The normalized spacial score (nSPS) is 16.1. The number of carbonyl (C=O) groups is 2. The second-order valence-corrected chi connectivity index (χ2v) is 6.08. The Labute approximate surface area is 162 Å². The first-order chi connectivity index (χ1) is 13.5. The molecule has 8 nitrogen and oxygen atoms in total. The minimum absolute atomic E-state index is 0.0432. The van der Waals surface area contributed by atoms with Crippen molar-refractivity contribution >= 4 is 23.2 Å². The summed E-state index contributed by atoms with van der Waals surface area (Å²) in [6, 6.07) is 9.44. The molecule has 148 valence electrons. The van der Waals surface area contributed by atoms with Crippen LogP contribution in [0.5, 0.6) is 23.0 Å². The highest BCUT2D eigenvalue weighted by molar-refractivity contribution is 6.23. The zero-order chi connectivity index (χ0) is 20.3. The van der Waals surface area contributed by atoms with Crippen molar-refractivity contribution in [1.82, 2.24) is 0 Å². The molecule has 8 heteroatoms. The number of rotatable bonds is 7. The second kappa shape index (κ2) is 8.08. The van der Waals surface area contributed by atoms with Crippen LogP contribution in [0.3, 0.4) is 0 Å². The number of nitrogens with one attached hydrogen (secondary N) is 1. The Kier molecular flexibility index (Phi) is 5.58. The molecular formula is C20H22N2O6. The monoisotopic (exact) mass is 386 g/mol. The topological polar surface area (TPSA) is 86.3 Å². The lowest BCUT2D eigenvalue weighted by Gasteiger charge is -2.18. The summed E-state index contributed by atoms with van der Waals surface area (Å²) in [5.41, 5.74) is 1.09. The van der Waals surface area contributed by atoms with Crippen molar-refractivity contribution in [1.29, 1.82) is 0 Å². The van der Waals surface area contributed by atoms with Gasteiger partial charge < -0.3 is 24.3 Å². The molecule has 28 heavy (non-hydrogen) atoms. The fraction of sp³-hybridized carbons (Fsp3) is 0.300. The van der Waals surface area contributed by atoms with Gasteiger partial charge in [-0.1, -0.05) is 0 Å². The standard InChI is InChI=1S/C20H22N2O6/c1-25-14-7-5-13(6-8-14)22-18(23)11-15(20(22)24)21-12-9-16(26-2)19(28-4)17(10-12)27-3/h5-10,15,21H,11H2,1-4H3/t15-/m0/s1. The van der Waals surface area contributed by atoms with Gasteiger partial charge in [-0.3, -0.25) is 9.59 Å². The van der Waals surface area contributed by atoms with Crippen molar-refractivity contribution in [2.24, 2.45) is 0 Å². The van der Waals surface area contributed by atoms with Crippen molar-refractivity contribution in [3.8, 4) is 23.0 Å². The molecule has 0 aliphatic carbocycles. The van der Waals surface area contributed by atoms with Gasteiger partial charge in [0, 0.05) is 17.8 Å². The Bertz CT molecular complexity index is 856. The summed E-state index contributed by atoms with van der Waals surface area (Å²) in [4.78, 5) is 26.5. The summed E-state index contributed by atoms with van der Waals surface area (Å²) < 4.78 is 21.1. The Morgan fingerprint density at radius 1 is 0.893 bits per heavy atom. The lowest BCUT2D eigenvalue weighted by Crippen LogP contribution is -2.34. The molecule has 1 N–H and O–H groups in total. The Morgan fingerprint density at radius 3 is 2.00 bits per heavy atom. The maximum atomic E-state index is 12.8. The lowest BCUT2D eigenvalue weighted by atomic mass is 10.2. The predicted octanol–water partition coefficient (Wildman–Crippen LogP) is 2.46. The SMILES string of the molecule is COc1ccc(N2C(=O)C[C@H](Nc3cc(OC)c(OC)c(OC)c3)C2=O)cc1. The Hall–Kier alpha value is -3.42. The molecule has 1 aliphatic heterocycles. The molecule has 1 atom stereocenters. The van der Waals surface area contributed by atoms with Crippen LogP contribution in [0.1, 0.15) is 6.42 Å². The Morgan fingerprint density at radius 2 is 1.50 bits per heavy atom. The van der Waals surface area contributed by atoms with E-state index in [4.69, 9.17) is 18.9 Å². The van der Waals surface area contributed by atoms with E-state index in [1.54, 1.807) is 43.5 Å². The molecule has 0 unspecified atom stereocenters. The van der Waals surface area contributed by atoms with Gasteiger partial charge in [-0.2, -0.15) is 0 Å². The van der Waals surface area contributed by atoms with Gasteiger partial charge in [0.1, 0.15) is 11.8 Å². The average molecular weight is 386 g/mol. The summed E-state index contributed by atoms with van der Waals surface area (Å²) >= 11 is 0. The molecule has 0 bridgehead atoms. The van der Waals surface area contributed by atoms with E-state index < -0.39 is 6.04 Å². The highest BCUT2D eigenvalue weighted by atomic mass is 16.5. The molecule has 0 spiro atoms. The van der Waals surface area contributed by atoms with Crippen LogP contribution in [0.15, 0.2) is 36.4 Å². The zero-order valence-corrected chi connectivity index (χ0v) is 16.1. The van der Waals surface area contributed by atoms with Crippen LogP contribution in [-0.2, 0) is 9.59 Å². The van der Waals surface area contributed by atoms with Crippen molar-refractivity contribution in [2.45, 2.75) is 12.5 Å². The van der Waals surface area contributed by atoms with E-state index >= 15 is 0 Å². The molecule has 1 saturated heterocycles. The van der Waals surface area contributed by atoms with Crippen LogP contribution in [0.2, 0.25) is 0 Å². The molecule has 2 aromatic rings. The number of amides is 2. The molecule has 1 heterocycles. The van der Waals surface area contributed by atoms with E-state index in [9.17, 15) is 9.59 Å². The van der Waals surface area contributed by atoms with Gasteiger partial charge in [0.25, 0.3) is 5.91 Å². The van der Waals surface area contributed by atoms with Crippen LogP contribution in [0.4, 0.5) is 11.4 Å². The molecule has 2 amide bonds. The summed E-state index contributed by atoms with van der Waals surface area (Å²) in [5.74, 6) is 1.39. The Balaban J connectivity index is 1.84. The molecule has 0 saturated carbocycles.